The maximum Gasteiger partial charge on any atom is 0.338 e. The molecule has 1 aliphatic rings. The molecule has 0 aromatic heterocycles. The fourth-order valence-electron chi connectivity index (χ4n) is 2.25. The first-order chi connectivity index (χ1) is 9.89. The largest absolute Gasteiger partial charge is 0.465 e. The Labute approximate surface area is 136 Å². The Morgan fingerprint density at radius 2 is 2.09 bits per heavy atom. The number of carbonyl (C=O) groups is 1. The molecule has 3 N–H and O–H groups in total. The molecule has 0 bridgehead atoms. The van der Waals surface area contributed by atoms with Gasteiger partial charge in [0.05, 0.1) is 17.6 Å². The highest BCUT2D eigenvalue weighted by atomic mass is 35.5. The lowest BCUT2D eigenvalue weighted by Crippen LogP contribution is -2.41. The Hall–Kier alpha value is -1.15. The van der Waals surface area contributed by atoms with Gasteiger partial charge >= 0.3 is 5.97 Å². The summed E-state index contributed by atoms with van der Waals surface area (Å²) in [6.07, 6.45) is 2.01. The molecule has 0 aliphatic heterocycles. The fraction of sp³-hybridized carbons (Fsp3) is 0.500. The second-order valence-corrected chi connectivity index (χ2v) is 6.98. The molecule has 0 saturated heterocycles. The van der Waals surface area contributed by atoms with Crippen LogP contribution in [-0.4, -0.2) is 34.1 Å². The number of benzene rings is 1. The number of methoxy groups -OCH3 is 1. The molecule has 0 amide bonds. The van der Waals surface area contributed by atoms with E-state index in [0.717, 1.165) is 12.8 Å². The van der Waals surface area contributed by atoms with Crippen LogP contribution in [0.4, 0.5) is 0 Å². The summed E-state index contributed by atoms with van der Waals surface area (Å²) in [7, 11) is -2.34. The molecular formula is C14H21ClN2O4S. The maximum absolute atomic E-state index is 12.4. The summed E-state index contributed by atoms with van der Waals surface area (Å²) in [5.74, 6) is -0.151. The predicted molar refractivity (Wildman–Crippen MR) is 85.7 cm³/mol. The van der Waals surface area contributed by atoms with Crippen molar-refractivity contribution in [3.8, 4) is 0 Å². The number of hydrogen-bond donors (Lipinski definition) is 2. The molecule has 0 spiro atoms. The molecule has 1 saturated carbocycles. The van der Waals surface area contributed by atoms with Crippen molar-refractivity contribution in [1.29, 1.82) is 0 Å². The third-order valence-electron chi connectivity index (χ3n) is 3.66. The van der Waals surface area contributed by atoms with Gasteiger partial charge in [-0.25, -0.2) is 17.9 Å². The van der Waals surface area contributed by atoms with Crippen LogP contribution in [0.15, 0.2) is 23.1 Å². The Bertz CT molecular complexity index is 644. The van der Waals surface area contributed by atoms with E-state index in [9.17, 15) is 13.2 Å². The van der Waals surface area contributed by atoms with Crippen molar-refractivity contribution in [1.82, 2.24) is 4.72 Å². The summed E-state index contributed by atoms with van der Waals surface area (Å²) in [6.45, 7) is 1.95. The van der Waals surface area contributed by atoms with Crippen LogP contribution in [0.1, 0.15) is 28.8 Å². The summed E-state index contributed by atoms with van der Waals surface area (Å²) < 4.78 is 32.0. The summed E-state index contributed by atoms with van der Waals surface area (Å²) >= 11 is 0. The van der Waals surface area contributed by atoms with Crippen molar-refractivity contribution in [2.24, 2.45) is 11.7 Å². The lowest BCUT2D eigenvalue weighted by molar-refractivity contribution is 0.0600. The molecule has 8 heteroatoms. The Kier molecular flexibility index (Phi) is 6.37. The topological polar surface area (TPSA) is 98.5 Å². The van der Waals surface area contributed by atoms with Crippen LogP contribution in [0, 0.1) is 12.8 Å². The van der Waals surface area contributed by atoms with Gasteiger partial charge in [-0.3, -0.25) is 0 Å². The van der Waals surface area contributed by atoms with Crippen molar-refractivity contribution < 1.29 is 17.9 Å². The highest BCUT2D eigenvalue weighted by molar-refractivity contribution is 7.89. The fourth-order valence-corrected chi connectivity index (χ4v) is 3.65. The number of ether oxygens (including phenoxy) is 1. The Balaban J connectivity index is 0.00000242. The van der Waals surface area contributed by atoms with E-state index in [2.05, 4.69) is 9.46 Å². The van der Waals surface area contributed by atoms with E-state index in [1.54, 1.807) is 6.92 Å². The van der Waals surface area contributed by atoms with Gasteiger partial charge < -0.3 is 10.5 Å². The van der Waals surface area contributed by atoms with Crippen LogP contribution in [0.2, 0.25) is 0 Å². The molecule has 0 heterocycles. The number of esters is 1. The second-order valence-electron chi connectivity index (χ2n) is 5.27. The van der Waals surface area contributed by atoms with Crippen LogP contribution in [0.3, 0.4) is 0 Å². The number of aryl methyl sites for hydroxylation is 1. The minimum absolute atomic E-state index is 0. The van der Waals surface area contributed by atoms with Crippen molar-refractivity contribution in [2.45, 2.75) is 30.7 Å². The molecule has 124 valence electrons. The molecular weight excluding hydrogens is 328 g/mol. The lowest BCUT2D eigenvalue weighted by Gasteiger charge is -2.16. The van der Waals surface area contributed by atoms with Gasteiger partial charge in [-0.2, -0.15) is 0 Å². The van der Waals surface area contributed by atoms with Gasteiger partial charge in [0.15, 0.2) is 0 Å². The van der Waals surface area contributed by atoms with Gasteiger partial charge in [0.25, 0.3) is 0 Å². The minimum Gasteiger partial charge on any atom is -0.465 e. The maximum atomic E-state index is 12.4. The summed E-state index contributed by atoms with van der Waals surface area (Å²) in [5, 5.41) is 0. The van der Waals surface area contributed by atoms with Crippen LogP contribution in [0.5, 0.6) is 0 Å². The van der Waals surface area contributed by atoms with Crippen molar-refractivity contribution in [3.63, 3.8) is 0 Å². The average molecular weight is 349 g/mol. The van der Waals surface area contributed by atoms with Gasteiger partial charge in [-0.05, 0) is 49.4 Å². The van der Waals surface area contributed by atoms with E-state index in [-0.39, 0.29) is 29.9 Å². The standard InChI is InChI=1S/C14H20N2O4S.ClH/c1-9-7-11(5-6-12(9)14(17)20-2)21(18,19)16-13(8-15)10-3-4-10;/h5-7,10,13,16H,3-4,8,15H2,1-2H3;1H. The highest BCUT2D eigenvalue weighted by Gasteiger charge is 2.33. The molecule has 6 nitrogen and oxygen atoms in total. The Morgan fingerprint density at radius 3 is 2.55 bits per heavy atom. The predicted octanol–water partition coefficient (Wildman–Crippen LogP) is 1.22. The van der Waals surface area contributed by atoms with Gasteiger partial charge in [0.2, 0.25) is 10.0 Å². The van der Waals surface area contributed by atoms with E-state index in [0.29, 0.717) is 17.0 Å². The van der Waals surface area contributed by atoms with Crippen molar-refractivity contribution in [3.05, 3.63) is 29.3 Å². The lowest BCUT2D eigenvalue weighted by atomic mass is 10.1. The van der Waals surface area contributed by atoms with Gasteiger partial charge in [-0.15, -0.1) is 12.4 Å². The molecule has 0 radical (unpaired) electrons. The molecule has 1 atom stereocenters. The van der Waals surface area contributed by atoms with E-state index in [1.807, 2.05) is 0 Å². The SMILES string of the molecule is COC(=O)c1ccc(S(=O)(=O)NC(CN)C2CC2)cc1C.Cl. The number of halogens is 1. The van der Waals surface area contributed by atoms with Crippen LogP contribution < -0.4 is 10.5 Å². The number of nitrogens with two attached hydrogens (primary N) is 1. The number of nitrogens with one attached hydrogen (secondary N) is 1. The van der Waals surface area contributed by atoms with Crippen molar-refractivity contribution in [2.75, 3.05) is 13.7 Å². The summed E-state index contributed by atoms with van der Waals surface area (Å²) in [4.78, 5) is 11.6. The van der Waals surface area contributed by atoms with Crippen molar-refractivity contribution >= 4 is 28.4 Å². The molecule has 1 unspecified atom stereocenters. The number of rotatable bonds is 6. The smallest absolute Gasteiger partial charge is 0.338 e. The highest BCUT2D eigenvalue weighted by Crippen LogP contribution is 2.33. The second kappa shape index (κ2) is 7.41. The molecule has 22 heavy (non-hydrogen) atoms. The molecule has 1 fully saturated rings. The first-order valence-electron chi connectivity index (χ1n) is 6.80. The first kappa shape index (κ1) is 18.9. The quantitative estimate of drug-likeness (QED) is 0.753. The molecule has 1 aliphatic carbocycles. The molecule has 1 aromatic carbocycles. The number of hydrogen-bond acceptors (Lipinski definition) is 5. The third-order valence-corrected chi connectivity index (χ3v) is 5.15. The van der Waals surface area contributed by atoms with E-state index < -0.39 is 16.0 Å². The minimum atomic E-state index is -3.63. The summed E-state index contributed by atoms with van der Waals surface area (Å²) in [6, 6.07) is 4.11. The zero-order chi connectivity index (χ0) is 15.6. The number of carbonyl (C=O) groups excluding carboxylic acids is 1. The van der Waals surface area contributed by atoms with Crippen LogP contribution in [0.25, 0.3) is 0 Å². The monoisotopic (exact) mass is 348 g/mol. The average Bonchev–Trinajstić information content (AvgIpc) is 3.28. The van der Waals surface area contributed by atoms with Crippen LogP contribution >= 0.6 is 12.4 Å². The molecule has 1 aromatic rings. The van der Waals surface area contributed by atoms with E-state index >= 15 is 0 Å². The Morgan fingerprint density at radius 1 is 1.45 bits per heavy atom. The first-order valence-corrected chi connectivity index (χ1v) is 8.28. The third kappa shape index (κ3) is 4.19. The van der Waals surface area contributed by atoms with E-state index in [4.69, 9.17) is 5.73 Å². The van der Waals surface area contributed by atoms with Gasteiger partial charge in [-0.1, -0.05) is 0 Å². The zero-order valence-corrected chi connectivity index (χ0v) is 14.2. The normalized spacial score (nSPS) is 15.8. The molecule has 2 rings (SSSR count). The van der Waals surface area contributed by atoms with Gasteiger partial charge in [0.1, 0.15) is 0 Å². The van der Waals surface area contributed by atoms with Crippen LogP contribution in [-0.2, 0) is 14.8 Å². The number of sulfonamides is 1. The van der Waals surface area contributed by atoms with E-state index in [1.165, 1.54) is 25.3 Å². The van der Waals surface area contributed by atoms with Gasteiger partial charge in [0, 0.05) is 12.6 Å². The summed E-state index contributed by atoms with van der Waals surface area (Å²) in [5.41, 5.74) is 6.53. The zero-order valence-electron chi connectivity index (χ0n) is 12.5.